The van der Waals surface area contributed by atoms with E-state index >= 15 is 0 Å². The fourth-order valence-electron chi connectivity index (χ4n) is 3.07. The lowest BCUT2D eigenvalue weighted by molar-refractivity contribution is 0.179. The first-order chi connectivity index (χ1) is 5.51. The van der Waals surface area contributed by atoms with E-state index in [0.717, 1.165) is 5.71 Å². The molecular weight excluding hydrogens is 150 g/mol. The van der Waals surface area contributed by atoms with Gasteiger partial charge >= 0.3 is 0 Å². The zero-order valence-electron chi connectivity index (χ0n) is 8.09. The summed E-state index contributed by atoms with van der Waals surface area (Å²) >= 11 is 0. The van der Waals surface area contributed by atoms with Gasteiger partial charge in [0.2, 0.25) is 0 Å². The molecule has 2 nitrogen and oxygen atoms in total. The minimum absolute atomic E-state index is 0.116. The Kier molecular flexibility index (Phi) is 1.37. The second-order valence-corrected chi connectivity index (χ2v) is 5.11. The van der Waals surface area contributed by atoms with E-state index in [1.807, 2.05) is 0 Å². The normalized spacial score (nSPS) is 47.2. The third-order valence-electron chi connectivity index (χ3n) is 4.39. The summed E-state index contributed by atoms with van der Waals surface area (Å²) in [7, 11) is 0. The molecule has 68 valence electrons. The molecule has 0 aromatic heterocycles. The van der Waals surface area contributed by atoms with Crippen LogP contribution in [0.1, 0.15) is 40.0 Å². The van der Waals surface area contributed by atoms with Gasteiger partial charge in [0, 0.05) is 11.3 Å². The van der Waals surface area contributed by atoms with E-state index in [9.17, 15) is 0 Å². The van der Waals surface area contributed by atoms with Gasteiger partial charge in [0.15, 0.2) is 0 Å². The summed E-state index contributed by atoms with van der Waals surface area (Å²) in [5.74, 6) is 0.565. The molecule has 12 heavy (non-hydrogen) atoms. The molecule has 1 N–H and O–H groups in total. The van der Waals surface area contributed by atoms with Gasteiger partial charge < -0.3 is 5.21 Å². The summed E-state index contributed by atoms with van der Waals surface area (Å²) in [4.78, 5) is 0. The lowest BCUT2D eigenvalue weighted by atomic mass is 9.65. The molecule has 0 aromatic carbocycles. The van der Waals surface area contributed by atoms with Crippen molar-refractivity contribution in [3.8, 4) is 0 Å². The minimum Gasteiger partial charge on any atom is -0.411 e. The summed E-state index contributed by atoms with van der Waals surface area (Å²) in [6.45, 7) is 6.74. The third kappa shape index (κ3) is 0.686. The third-order valence-corrected chi connectivity index (χ3v) is 4.39. The Morgan fingerprint density at radius 1 is 1.42 bits per heavy atom. The summed E-state index contributed by atoms with van der Waals surface area (Å²) < 4.78 is 0. The van der Waals surface area contributed by atoms with Crippen molar-refractivity contribution in [2.75, 3.05) is 0 Å². The molecule has 2 saturated carbocycles. The van der Waals surface area contributed by atoms with Crippen LogP contribution in [0, 0.1) is 16.7 Å². The molecule has 0 spiro atoms. The quantitative estimate of drug-likeness (QED) is 0.436. The van der Waals surface area contributed by atoms with Crippen molar-refractivity contribution in [3.05, 3.63) is 0 Å². The number of oxime groups is 1. The largest absolute Gasteiger partial charge is 0.411 e. The number of rotatable bonds is 0. The first-order valence-corrected chi connectivity index (χ1v) is 4.74. The molecule has 0 amide bonds. The van der Waals surface area contributed by atoms with Gasteiger partial charge in [-0.1, -0.05) is 25.9 Å². The van der Waals surface area contributed by atoms with Gasteiger partial charge in [-0.15, -0.1) is 0 Å². The number of fused-ring (bicyclic) bond motifs is 2. The average Bonchev–Trinajstić information content (AvgIpc) is 2.41. The highest BCUT2D eigenvalue weighted by molar-refractivity contribution is 5.95. The topological polar surface area (TPSA) is 32.6 Å². The van der Waals surface area contributed by atoms with Gasteiger partial charge in [0.05, 0.1) is 5.71 Å². The van der Waals surface area contributed by atoms with Crippen molar-refractivity contribution in [3.63, 3.8) is 0 Å². The van der Waals surface area contributed by atoms with Gasteiger partial charge in [-0.2, -0.15) is 0 Å². The second kappa shape index (κ2) is 2.04. The summed E-state index contributed by atoms with van der Waals surface area (Å²) in [6.07, 6.45) is 3.74. The van der Waals surface area contributed by atoms with Crippen molar-refractivity contribution >= 4 is 5.71 Å². The maximum Gasteiger partial charge on any atom is 0.0663 e. The zero-order valence-corrected chi connectivity index (χ0v) is 8.09. The smallest absolute Gasteiger partial charge is 0.0663 e. The highest BCUT2D eigenvalue weighted by Crippen LogP contribution is 2.62. The molecule has 2 atom stereocenters. The van der Waals surface area contributed by atoms with Crippen molar-refractivity contribution in [2.45, 2.75) is 40.0 Å². The SMILES string of the molecule is CC1(C)/C(=N\O)[C@@H]2CC[C@]1(C)C2. The Bertz CT molecular complexity index is 244. The predicted molar refractivity (Wildman–Crippen MR) is 48.5 cm³/mol. The highest BCUT2D eigenvalue weighted by Gasteiger charge is 2.58. The monoisotopic (exact) mass is 167 g/mol. The van der Waals surface area contributed by atoms with Crippen LogP contribution >= 0.6 is 0 Å². The van der Waals surface area contributed by atoms with E-state index in [4.69, 9.17) is 5.21 Å². The summed E-state index contributed by atoms with van der Waals surface area (Å²) in [6, 6.07) is 0. The molecular formula is C10H17NO. The van der Waals surface area contributed by atoms with E-state index in [2.05, 4.69) is 25.9 Å². The van der Waals surface area contributed by atoms with Crippen LogP contribution in [0.4, 0.5) is 0 Å². The molecule has 2 rings (SSSR count). The minimum atomic E-state index is 0.116. The standard InChI is InChI=1S/C10H17NO/c1-9(2)8(11-12)7-4-5-10(9,3)6-7/h7,12H,4-6H2,1-3H3/b11-8-/t7-,10-/m1/s1. The molecule has 2 aliphatic carbocycles. The van der Waals surface area contributed by atoms with Crippen LogP contribution in [0.25, 0.3) is 0 Å². The number of nitrogens with zero attached hydrogens (tertiary/aromatic N) is 1. The van der Waals surface area contributed by atoms with Gasteiger partial charge in [-0.3, -0.25) is 0 Å². The predicted octanol–water partition coefficient (Wildman–Crippen LogP) is 2.66. The fourth-order valence-corrected chi connectivity index (χ4v) is 3.07. The summed E-state index contributed by atoms with van der Waals surface area (Å²) in [5, 5.41) is 12.4. The van der Waals surface area contributed by atoms with E-state index in [-0.39, 0.29) is 5.41 Å². The van der Waals surface area contributed by atoms with Gasteiger partial charge in [0.1, 0.15) is 0 Å². The molecule has 2 fully saturated rings. The molecule has 0 heterocycles. The van der Waals surface area contributed by atoms with Crippen molar-refractivity contribution < 1.29 is 5.21 Å². The van der Waals surface area contributed by atoms with Crippen LogP contribution < -0.4 is 0 Å². The van der Waals surface area contributed by atoms with Crippen LogP contribution in [0.2, 0.25) is 0 Å². The Morgan fingerprint density at radius 2 is 2.08 bits per heavy atom. The molecule has 2 heteroatoms. The maximum absolute atomic E-state index is 8.93. The molecule has 0 unspecified atom stereocenters. The first-order valence-electron chi connectivity index (χ1n) is 4.74. The molecule has 0 radical (unpaired) electrons. The zero-order chi connectivity index (χ0) is 8.98. The molecule has 0 saturated heterocycles. The van der Waals surface area contributed by atoms with Crippen LogP contribution in [0.15, 0.2) is 5.16 Å². The van der Waals surface area contributed by atoms with Crippen LogP contribution in [-0.2, 0) is 0 Å². The van der Waals surface area contributed by atoms with Crippen molar-refractivity contribution in [2.24, 2.45) is 21.9 Å². The van der Waals surface area contributed by atoms with Crippen molar-refractivity contribution in [1.29, 1.82) is 0 Å². The van der Waals surface area contributed by atoms with E-state index in [1.54, 1.807) is 0 Å². The molecule has 2 aliphatic rings. The van der Waals surface area contributed by atoms with Crippen LogP contribution in [0.5, 0.6) is 0 Å². The Hall–Kier alpha value is -0.530. The van der Waals surface area contributed by atoms with E-state index < -0.39 is 0 Å². The molecule has 0 aromatic rings. The lowest BCUT2D eigenvalue weighted by Crippen LogP contribution is -2.37. The fraction of sp³-hybridized carbons (Fsp3) is 0.900. The summed E-state index contributed by atoms with van der Waals surface area (Å²) in [5.41, 5.74) is 1.54. The van der Waals surface area contributed by atoms with Gasteiger partial charge in [-0.25, -0.2) is 0 Å². The average molecular weight is 167 g/mol. The Balaban J connectivity index is 2.45. The van der Waals surface area contributed by atoms with Gasteiger partial charge in [-0.05, 0) is 24.7 Å². The highest BCUT2D eigenvalue weighted by atomic mass is 16.4. The second-order valence-electron chi connectivity index (χ2n) is 5.11. The van der Waals surface area contributed by atoms with E-state index in [0.29, 0.717) is 11.3 Å². The number of hydrogen-bond acceptors (Lipinski definition) is 2. The van der Waals surface area contributed by atoms with E-state index in [1.165, 1.54) is 19.3 Å². The maximum atomic E-state index is 8.93. The van der Waals surface area contributed by atoms with Crippen molar-refractivity contribution in [1.82, 2.24) is 0 Å². The molecule has 0 aliphatic heterocycles. The number of hydrogen-bond donors (Lipinski definition) is 1. The Labute approximate surface area is 73.7 Å². The van der Waals surface area contributed by atoms with Crippen LogP contribution in [0.3, 0.4) is 0 Å². The lowest BCUT2D eigenvalue weighted by Gasteiger charge is -2.39. The van der Waals surface area contributed by atoms with Crippen LogP contribution in [-0.4, -0.2) is 10.9 Å². The van der Waals surface area contributed by atoms with Gasteiger partial charge in [0.25, 0.3) is 0 Å². The first kappa shape index (κ1) is 8.09. The Morgan fingerprint density at radius 3 is 2.42 bits per heavy atom. The molecule has 2 bridgehead atoms.